The predicted octanol–water partition coefficient (Wildman–Crippen LogP) is 2.36. The van der Waals surface area contributed by atoms with Gasteiger partial charge in [-0.25, -0.2) is 9.18 Å². The molecular weight excluding hydrogens is 359 g/mol. The molecular formula is C18H26ClFN4O2. The Labute approximate surface area is 159 Å². The maximum absolute atomic E-state index is 12.9. The summed E-state index contributed by atoms with van der Waals surface area (Å²) in [6.07, 6.45) is 4.03. The van der Waals surface area contributed by atoms with E-state index < -0.39 is 0 Å². The Morgan fingerprint density at radius 1 is 1.08 bits per heavy atom. The number of likely N-dealkylation sites (tertiary alicyclic amines) is 1. The topological polar surface area (TPSA) is 73.5 Å². The molecule has 6 nitrogen and oxygen atoms in total. The maximum Gasteiger partial charge on any atom is 0.319 e. The van der Waals surface area contributed by atoms with Crippen molar-refractivity contribution in [2.75, 3.05) is 31.5 Å². The molecule has 2 aliphatic rings. The molecule has 2 fully saturated rings. The van der Waals surface area contributed by atoms with Crippen molar-refractivity contribution in [1.82, 2.24) is 15.5 Å². The Morgan fingerprint density at radius 3 is 2.35 bits per heavy atom. The van der Waals surface area contributed by atoms with Crippen LogP contribution in [0, 0.1) is 11.7 Å². The number of carbonyl (C=O) groups excluding carboxylic acids is 2. The summed E-state index contributed by atoms with van der Waals surface area (Å²) in [6, 6.07) is 5.38. The Kier molecular flexibility index (Phi) is 7.66. The van der Waals surface area contributed by atoms with Gasteiger partial charge in [-0.15, -0.1) is 12.4 Å². The van der Waals surface area contributed by atoms with Gasteiger partial charge in [0.05, 0.1) is 6.54 Å². The molecule has 3 N–H and O–H groups in total. The quantitative estimate of drug-likeness (QED) is 0.705. The van der Waals surface area contributed by atoms with Crippen molar-refractivity contribution in [1.29, 1.82) is 0 Å². The highest BCUT2D eigenvalue weighted by Crippen LogP contribution is 2.27. The summed E-state index contributed by atoms with van der Waals surface area (Å²) in [7, 11) is 0. The lowest BCUT2D eigenvalue weighted by Gasteiger charge is -2.32. The van der Waals surface area contributed by atoms with Gasteiger partial charge >= 0.3 is 6.03 Å². The van der Waals surface area contributed by atoms with Crippen LogP contribution in [-0.2, 0) is 4.79 Å². The number of nitrogens with zero attached hydrogens (tertiary/aromatic N) is 1. The van der Waals surface area contributed by atoms with E-state index in [4.69, 9.17) is 0 Å². The zero-order chi connectivity index (χ0) is 17.6. The molecule has 1 aliphatic heterocycles. The van der Waals surface area contributed by atoms with Gasteiger partial charge in [0, 0.05) is 24.8 Å². The molecule has 1 aromatic carbocycles. The van der Waals surface area contributed by atoms with Crippen LogP contribution in [0.3, 0.4) is 0 Å². The van der Waals surface area contributed by atoms with E-state index in [-0.39, 0.29) is 36.2 Å². The first-order valence-corrected chi connectivity index (χ1v) is 8.92. The standard InChI is InChI=1S/C18H25FN4O2.ClH/c19-14-3-5-15(6-4-14)21-18(25)22-16-7-9-23(10-8-16)17(24)12-20-11-13-1-2-13;/h3-6,13,16,20H,1-2,7-12H2,(H2,21,22,25);1H. The third-order valence-corrected chi connectivity index (χ3v) is 4.69. The predicted molar refractivity (Wildman–Crippen MR) is 101 cm³/mol. The molecule has 3 amide bonds. The minimum atomic E-state index is -0.338. The first-order chi connectivity index (χ1) is 12.1. The second-order valence-corrected chi connectivity index (χ2v) is 6.83. The molecule has 0 spiro atoms. The fourth-order valence-corrected chi connectivity index (χ4v) is 2.98. The monoisotopic (exact) mass is 384 g/mol. The number of anilines is 1. The smallest absolute Gasteiger partial charge is 0.319 e. The lowest BCUT2D eigenvalue weighted by atomic mass is 10.1. The number of nitrogens with one attached hydrogen (secondary N) is 3. The van der Waals surface area contributed by atoms with Crippen molar-refractivity contribution in [2.45, 2.75) is 31.7 Å². The zero-order valence-electron chi connectivity index (χ0n) is 14.7. The van der Waals surface area contributed by atoms with Crippen molar-refractivity contribution in [3.05, 3.63) is 30.1 Å². The summed E-state index contributed by atoms with van der Waals surface area (Å²) in [4.78, 5) is 26.0. The summed E-state index contributed by atoms with van der Waals surface area (Å²) in [6.45, 7) is 2.66. The number of benzene rings is 1. The van der Waals surface area contributed by atoms with Crippen LogP contribution in [0.25, 0.3) is 0 Å². The third kappa shape index (κ3) is 6.46. The van der Waals surface area contributed by atoms with Crippen LogP contribution >= 0.6 is 12.4 Å². The Hall–Kier alpha value is -1.86. The number of rotatable bonds is 6. The minimum Gasteiger partial charge on any atom is -0.341 e. The number of urea groups is 1. The molecule has 144 valence electrons. The zero-order valence-corrected chi connectivity index (χ0v) is 15.5. The van der Waals surface area contributed by atoms with Crippen molar-refractivity contribution in [3.63, 3.8) is 0 Å². The molecule has 0 atom stereocenters. The molecule has 8 heteroatoms. The molecule has 1 saturated carbocycles. The van der Waals surface area contributed by atoms with Gasteiger partial charge in [0.15, 0.2) is 0 Å². The molecule has 3 rings (SSSR count). The lowest BCUT2D eigenvalue weighted by Crippen LogP contribution is -2.49. The second-order valence-electron chi connectivity index (χ2n) is 6.83. The molecule has 1 heterocycles. The highest BCUT2D eigenvalue weighted by molar-refractivity contribution is 5.89. The van der Waals surface area contributed by atoms with Crippen LogP contribution in [0.5, 0.6) is 0 Å². The molecule has 26 heavy (non-hydrogen) atoms. The summed E-state index contributed by atoms with van der Waals surface area (Å²) in [5, 5.41) is 8.82. The molecule has 1 aromatic rings. The lowest BCUT2D eigenvalue weighted by molar-refractivity contribution is -0.131. The van der Waals surface area contributed by atoms with Crippen molar-refractivity contribution in [3.8, 4) is 0 Å². The van der Waals surface area contributed by atoms with Crippen LogP contribution in [-0.4, -0.2) is 49.1 Å². The van der Waals surface area contributed by atoms with E-state index >= 15 is 0 Å². The van der Waals surface area contributed by atoms with E-state index in [2.05, 4.69) is 16.0 Å². The first kappa shape index (κ1) is 20.5. The van der Waals surface area contributed by atoms with E-state index in [0.29, 0.717) is 25.3 Å². The molecule has 0 radical (unpaired) electrons. The second kappa shape index (κ2) is 9.73. The Balaban J connectivity index is 0.00000243. The fraction of sp³-hybridized carbons (Fsp3) is 0.556. The van der Waals surface area contributed by atoms with Gasteiger partial charge in [-0.05, 0) is 62.4 Å². The van der Waals surface area contributed by atoms with Gasteiger partial charge in [-0.1, -0.05) is 0 Å². The number of carbonyl (C=O) groups is 2. The van der Waals surface area contributed by atoms with E-state index in [1.807, 2.05) is 4.90 Å². The van der Waals surface area contributed by atoms with Crippen molar-refractivity contribution in [2.24, 2.45) is 5.92 Å². The van der Waals surface area contributed by atoms with E-state index in [1.165, 1.54) is 37.1 Å². The van der Waals surface area contributed by atoms with Crippen LogP contribution in [0.15, 0.2) is 24.3 Å². The number of amides is 3. The SMILES string of the molecule is Cl.O=C(Nc1ccc(F)cc1)NC1CCN(C(=O)CNCC2CC2)CC1. The van der Waals surface area contributed by atoms with Gasteiger partial charge in [0.1, 0.15) is 5.82 Å². The van der Waals surface area contributed by atoms with Crippen molar-refractivity contribution >= 4 is 30.0 Å². The van der Waals surface area contributed by atoms with Gasteiger partial charge in [-0.3, -0.25) is 4.79 Å². The summed E-state index contributed by atoms with van der Waals surface area (Å²) in [5.74, 6) is 0.562. The van der Waals surface area contributed by atoms with Gasteiger partial charge in [0.25, 0.3) is 0 Å². The van der Waals surface area contributed by atoms with Crippen LogP contribution in [0.2, 0.25) is 0 Å². The highest BCUT2D eigenvalue weighted by atomic mass is 35.5. The van der Waals surface area contributed by atoms with Gasteiger partial charge < -0.3 is 20.9 Å². The van der Waals surface area contributed by atoms with Crippen LogP contribution in [0.1, 0.15) is 25.7 Å². The average Bonchev–Trinajstić information content (AvgIpc) is 3.42. The van der Waals surface area contributed by atoms with Gasteiger partial charge in [0.2, 0.25) is 5.91 Å². The van der Waals surface area contributed by atoms with E-state index in [1.54, 1.807) is 0 Å². The number of piperidine rings is 1. The van der Waals surface area contributed by atoms with Crippen LogP contribution in [0.4, 0.5) is 14.9 Å². The maximum atomic E-state index is 12.9. The molecule has 0 aromatic heterocycles. The summed E-state index contributed by atoms with van der Waals surface area (Å²) in [5.41, 5.74) is 0.549. The number of hydrogen-bond donors (Lipinski definition) is 3. The first-order valence-electron chi connectivity index (χ1n) is 8.92. The average molecular weight is 385 g/mol. The van der Waals surface area contributed by atoms with Crippen molar-refractivity contribution < 1.29 is 14.0 Å². The summed E-state index contributed by atoms with van der Waals surface area (Å²) >= 11 is 0. The van der Waals surface area contributed by atoms with E-state index in [0.717, 1.165) is 25.3 Å². The summed E-state index contributed by atoms with van der Waals surface area (Å²) < 4.78 is 12.9. The van der Waals surface area contributed by atoms with Gasteiger partial charge in [-0.2, -0.15) is 0 Å². The van der Waals surface area contributed by atoms with Crippen LogP contribution < -0.4 is 16.0 Å². The highest BCUT2D eigenvalue weighted by Gasteiger charge is 2.25. The number of hydrogen-bond acceptors (Lipinski definition) is 3. The minimum absolute atomic E-state index is 0. The fourth-order valence-electron chi connectivity index (χ4n) is 2.98. The Bertz CT molecular complexity index is 602. The number of halogens is 2. The molecule has 0 bridgehead atoms. The Morgan fingerprint density at radius 2 is 1.73 bits per heavy atom. The molecule has 1 saturated heterocycles. The third-order valence-electron chi connectivity index (χ3n) is 4.69. The van der Waals surface area contributed by atoms with E-state index in [9.17, 15) is 14.0 Å². The largest absolute Gasteiger partial charge is 0.341 e. The normalized spacial score (nSPS) is 17.3. The molecule has 1 aliphatic carbocycles. The molecule has 0 unspecified atom stereocenters.